The summed E-state index contributed by atoms with van der Waals surface area (Å²) in [6.07, 6.45) is 4.22. The molecule has 1 saturated carbocycles. The minimum atomic E-state index is -0.383. The topological polar surface area (TPSA) is 91.5 Å². The minimum absolute atomic E-state index is 0.0565. The van der Waals surface area contributed by atoms with E-state index in [4.69, 9.17) is 16.7 Å². The number of nitrogens with zero attached hydrogens (tertiary/aromatic N) is 3. The summed E-state index contributed by atoms with van der Waals surface area (Å²) < 4.78 is 15.9. The number of benzene rings is 2. The molecule has 1 amide bonds. The molecule has 2 aromatic carbocycles. The van der Waals surface area contributed by atoms with Crippen molar-refractivity contribution < 1.29 is 14.3 Å². The lowest BCUT2D eigenvalue weighted by Gasteiger charge is -2.12. The SMILES string of the molecule is O=C(NC1CC1)c1ccc(-c2cnc3c(NCCCO)nc4ccc(F)cc4n23)cc1Cl. The zero-order valence-corrected chi connectivity index (χ0v) is 17.9. The third-order valence-electron chi connectivity index (χ3n) is 5.43. The van der Waals surface area contributed by atoms with Gasteiger partial charge in [-0.2, -0.15) is 0 Å². The first-order valence-electron chi connectivity index (χ1n) is 10.5. The lowest BCUT2D eigenvalue weighted by molar-refractivity contribution is 0.0951. The number of aliphatic hydroxyl groups excluding tert-OH is 1. The first-order chi connectivity index (χ1) is 15.5. The highest BCUT2D eigenvalue weighted by Crippen LogP contribution is 2.31. The maximum atomic E-state index is 14.1. The number of halogens is 2. The van der Waals surface area contributed by atoms with E-state index in [1.807, 2.05) is 10.5 Å². The maximum absolute atomic E-state index is 14.1. The van der Waals surface area contributed by atoms with Crippen LogP contribution in [-0.2, 0) is 0 Å². The van der Waals surface area contributed by atoms with E-state index in [2.05, 4.69) is 20.6 Å². The number of carbonyl (C=O) groups excluding carboxylic acids is 1. The van der Waals surface area contributed by atoms with Crippen LogP contribution in [0, 0.1) is 5.82 Å². The highest BCUT2D eigenvalue weighted by molar-refractivity contribution is 6.34. The average molecular weight is 454 g/mol. The van der Waals surface area contributed by atoms with Gasteiger partial charge in [0.25, 0.3) is 5.91 Å². The number of anilines is 1. The van der Waals surface area contributed by atoms with Crippen LogP contribution < -0.4 is 10.6 Å². The molecule has 0 spiro atoms. The number of amides is 1. The Morgan fingerprint density at radius 2 is 2.09 bits per heavy atom. The monoisotopic (exact) mass is 453 g/mol. The fourth-order valence-electron chi connectivity index (χ4n) is 3.66. The first-order valence-corrected chi connectivity index (χ1v) is 10.8. The van der Waals surface area contributed by atoms with Gasteiger partial charge >= 0.3 is 0 Å². The van der Waals surface area contributed by atoms with Crippen molar-refractivity contribution in [1.29, 1.82) is 0 Å². The average Bonchev–Trinajstić information content (AvgIpc) is 3.47. The summed E-state index contributed by atoms with van der Waals surface area (Å²) in [5, 5.41) is 15.6. The molecule has 0 unspecified atom stereocenters. The molecular formula is C23H21ClFN5O2. The quantitative estimate of drug-likeness (QED) is 0.367. The molecule has 1 fully saturated rings. The van der Waals surface area contributed by atoms with E-state index in [0.717, 1.165) is 18.4 Å². The van der Waals surface area contributed by atoms with Gasteiger partial charge in [-0.05, 0) is 43.5 Å². The predicted molar refractivity (Wildman–Crippen MR) is 122 cm³/mol. The molecule has 0 saturated heterocycles. The van der Waals surface area contributed by atoms with E-state index in [9.17, 15) is 9.18 Å². The van der Waals surface area contributed by atoms with Crippen LogP contribution in [0.5, 0.6) is 0 Å². The molecule has 2 heterocycles. The van der Waals surface area contributed by atoms with Gasteiger partial charge in [0.2, 0.25) is 0 Å². The summed E-state index contributed by atoms with van der Waals surface area (Å²) in [4.78, 5) is 21.5. The van der Waals surface area contributed by atoms with Crippen LogP contribution in [0.25, 0.3) is 27.9 Å². The number of hydrogen-bond acceptors (Lipinski definition) is 5. The number of nitrogens with one attached hydrogen (secondary N) is 2. The summed E-state index contributed by atoms with van der Waals surface area (Å²) in [6.45, 7) is 0.575. The van der Waals surface area contributed by atoms with Gasteiger partial charge in [0.05, 0.1) is 33.5 Å². The zero-order valence-electron chi connectivity index (χ0n) is 17.1. The molecule has 0 bridgehead atoms. The van der Waals surface area contributed by atoms with Gasteiger partial charge in [0.15, 0.2) is 11.5 Å². The number of hydrogen-bond donors (Lipinski definition) is 3. The number of fused-ring (bicyclic) bond motifs is 3. The molecule has 4 aromatic rings. The number of imidazole rings is 1. The van der Waals surface area contributed by atoms with Gasteiger partial charge in [-0.3, -0.25) is 9.20 Å². The van der Waals surface area contributed by atoms with E-state index < -0.39 is 0 Å². The Morgan fingerprint density at radius 1 is 1.25 bits per heavy atom. The van der Waals surface area contributed by atoms with E-state index in [1.165, 1.54) is 12.1 Å². The molecule has 1 aliphatic carbocycles. The highest BCUT2D eigenvalue weighted by atomic mass is 35.5. The van der Waals surface area contributed by atoms with Gasteiger partial charge in [0, 0.05) is 30.8 Å². The first kappa shape index (κ1) is 20.7. The third-order valence-corrected chi connectivity index (χ3v) is 5.75. The van der Waals surface area contributed by atoms with Gasteiger partial charge in [-0.25, -0.2) is 14.4 Å². The molecular weight excluding hydrogens is 433 g/mol. The Balaban J connectivity index is 1.62. The molecule has 164 valence electrons. The van der Waals surface area contributed by atoms with Crippen LogP contribution in [0.4, 0.5) is 10.2 Å². The molecule has 32 heavy (non-hydrogen) atoms. The predicted octanol–water partition coefficient (Wildman–Crippen LogP) is 4.03. The molecule has 0 atom stereocenters. The lowest BCUT2D eigenvalue weighted by atomic mass is 10.1. The number of aromatic nitrogens is 3. The Kier molecular flexibility index (Phi) is 5.40. The number of aliphatic hydroxyl groups is 1. The van der Waals surface area contributed by atoms with E-state index in [0.29, 0.717) is 51.7 Å². The second kappa shape index (κ2) is 8.37. The van der Waals surface area contributed by atoms with Crippen LogP contribution in [0.3, 0.4) is 0 Å². The minimum Gasteiger partial charge on any atom is -0.396 e. The van der Waals surface area contributed by atoms with E-state index in [1.54, 1.807) is 24.4 Å². The normalized spacial score (nSPS) is 13.6. The van der Waals surface area contributed by atoms with Crippen molar-refractivity contribution in [2.45, 2.75) is 25.3 Å². The van der Waals surface area contributed by atoms with Crippen molar-refractivity contribution >= 4 is 40.0 Å². The molecule has 3 N–H and O–H groups in total. The molecule has 5 rings (SSSR count). The van der Waals surface area contributed by atoms with Crippen molar-refractivity contribution in [1.82, 2.24) is 19.7 Å². The summed E-state index contributed by atoms with van der Waals surface area (Å²) in [6, 6.07) is 9.85. The lowest BCUT2D eigenvalue weighted by Crippen LogP contribution is -2.25. The van der Waals surface area contributed by atoms with Crippen LogP contribution in [0.1, 0.15) is 29.6 Å². The number of rotatable bonds is 7. The van der Waals surface area contributed by atoms with Crippen molar-refractivity contribution in [3.63, 3.8) is 0 Å². The fourth-order valence-corrected chi connectivity index (χ4v) is 3.93. The Hall–Kier alpha value is -3.23. The largest absolute Gasteiger partial charge is 0.396 e. The summed E-state index contributed by atoms with van der Waals surface area (Å²) in [5.74, 6) is -0.0315. The fraction of sp³-hybridized carbons (Fsp3) is 0.261. The second-order valence-corrected chi connectivity index (χ2v) is 8.25. The van der Waals surface area contributed by atoms with Gasteiger partial charge in [0.1, 0.15) is 5.82 Å². The van der Waals surface area contributed by atoms with E-state index >= 15 is 0 Å². The maximum Gasteiger partial charge on any atom is 0.253 e. The smallest absolute Gasteiger partial charge is 0.253 e. The van der Waals surface area contributed by atoms with Crippen LogP contribution in [0.2, 0.25) is 5.02 Å². The van der Waals surface area contributed by atoms with Crippen molar-refractivity contribution in [2.24, 2.45) is 0 Å². The second-order valence-electron chi connectivity index (χ2n) is 7.84. The Bertz CT molecular complexity index is 1340. The summed E-state index contributed by atoms with van der Waals surface area (Å²) in [5.41, 5.74) is 3.54. The van der Waals surface area contributed by atoms with Crippen molar-refractivity contribution in [2.75, 3.05) is 18.5 Å². The highest BCUT2D eigenvalue weighted by Gasteiger charge is 2.25. The molecule has 9 heteroatoms. The van der Waals surface area contributed by atoms with Crippen LogP contribution in [0.15, 0.2) is 42.6 Å². The standard InChI is InChI=1S/C23H21ClFN5O2/c24-17-10-13(2-6-16(17)23(32)28-15-4-5-15)20-12-27-22-21(26-8-1-9-31)29-18-7-3-14(25)11-19(18)30(20)22/h2-3,6-7,10-12,15,31H,1,4-5,8-9H2,(H,26,29)(H,28,32). The zero-order chi connectivity index (χ0) is 22.2. The van der Waals surface area contributed by atoms with Crippen LogP contribution in [-0.4, -0.2) is 44.6 Å². The van der Waals surface area contributed by atoms with E-state index in [-0.39, 0.29) is 24.4 Å². The van der Waals surface area contributed by atoms with Crippen LogP contribution >= 0.6 is 11.6 Å². The van der Waals surface area contributed by atoms with Crippen molar-refractivity contribution in [3.8, 4) is 11.3 Å². The van der Waals surface area contributed by atoms with Gasteiger partial charge in [-0.1, -0.05) is 17.7 Å². The Labute approximate surface area is 188 Å². The van der Waals surface area contributed by atoms with Gasteiger partial charge < -0.3 is 15.7 Å². The summed E-state index contributed by atoms with van der Waals surface area (Å²) >= 11 is 6.46. The third kappa shape index (κ3) is 3.87. The molecule has 7 nitrogen and oxygen atoms in total. The van der Waals surface area contributed by atoms with Crippen molar-refractivity contribution in [3.05, 3.63) is 59.0 Å². The molecule has 2 aromatic heterocycles. The molecule has 0 aliphatic heterocycles. The summed E-state index contributed by atoms with van der Waals surface area (Å²) in [7, 11) is 0. The van der Waals surface area contributed by atoms with Gasteiger partial charge in [-0.15, -0.1) is 0 Å². The number of carbonyl (C=O) groups is 1. The molecule has 0 radical (unpaired) electrons. The Morgan fingerprint density at radius 3 is 2.84 bits per heavy atom. The molecule has 1 aliphatic rings.